The van der Waals surface area contributed by atoms with E-state index in [0.717, 1.165) is 17.5 Å². The van der Waals surface area contributed by atoms with E-state index in [2.05, 4.69) is 10.6 Å². The van der Waals surface area contributed by atoms with Gasteiger partial charge in [-0.05, 0) is 43.9 Å². The van der Waals surface area contributed by atoms with Crippen molar-refractivity contribution in [1.29, 1.82) is 0 Å². The summed E-state index contributed by atoms with van der Waals surface area (Å²) in [4.78, 5) is 41.9. The molecule has 1 fully saturated rings. The third kappa shape index (κ3) is 4.33. The van der Waals surface area contributed by atoms with Crippen molar-refractivity contribution in [2.24, 2.45) is 5.92 Å². The number of rotatable bonds is 7. The Morgan fingerprint density at radius 1 is 1.03 bits per heavy atom. The first-order valence-electron chi connectivity index (χ1n) is 11.9. The maximum absolute atomic E-state index is 13.7. The second-order valence-corrected chi connectivity index (χ2v) is 11.5. The van der Waals surface area contributed by atoms with Crippen molar-refractivity contribution < 1.29 is 14.4 Å². The Bertz CT molecular complexity index is 1090. The summed E-state index contributed by atoms with van der Waals surface area (Å²) in [5.41, 5.74) is 2.61. The Hall–Kier alpha value is -2.80. The monoisotopic (exact) mass is 479 g/mol. The first kappa shape index (κ1) is 24.3. The van der Waals surface area contributed by atoms with Gasteiger partial charge in [-0.3, -0.25) is 14.4 Å². The Labute approximate surface area is 205 Å². The first-order chi connectivity index (χ1) is 16.2. The second kappa shape index (κ2) is 9.45. The molecule has 0 aromatic heterocycles. The fourth-order valence-electron chi connectivity index (χ4n) is 4.87. The van der Waals surface area contributed by atoms with Crippen LogP contribution in [0.25, 0.3) is 0 Å². The molecule has 0 radical (unpaired) electrons. The number of nitrogens with zero attached hydrogens (tertiary/aromatic N) is 1. The number of thioether (sulfide) groups is 1. The average molecular weight is 480 g/mol. The Morgan fingerprint density at radius 2 is 1.68 bits per heavy atom. The van der Waals surface area contributed by atoms with Crippen LogP contribution in [0.5, 0.6) is 0 Å². The van der Waals surface area contributed by atoms with Gasteiger partial charge < -0.3 is 15.5 Å². The summed E-state index contributed by atoms with van der Waals surface area (Å²) in [5, 5.41) is 5.89. The number of hydrogen-bond acceptors (Lipinski definition) is 4. The number of carbonyl (C=O) groups is 3. The van der Waals surface area contributed by atoms with E-state index in [-0.39, 0.29) is 35.1 Å². The van der Waals surface area contributed by atoms with Crippen molar-refractivity contribution in [3.8, 4) is 0 Å². The van der Waals surface area contributed by atoms with Gasteiger partial charge in [-0.25, -0.2) is 0 Å². The molecule has 0 aliphatic carbocycles. The van der Waals surface area contributed by atoms with Crippen molar-refractivity contribution in [3.05, 3.63) is 71.3 Å². The molecule has 5 atom stereocenters. The maximum atomic E-state index is 13.7. The lowest BCUT2D eigenvalue weighted by Crippen LogP contribution is -2.58. The Balaban J connectivity index is 1.55. The predicted molar refractivity (Wildman–Crippen MR) is 135 cm³/mol. The summed E-state index contributed by atoms with van der Waals surface area (Å²) in [6.45, 7) is 9.89. The van der Waals surface area contributed by atoms with Crippen LogP contribution in [-0.4, -0.2) is 39.5 Å². The molecule has 1 saturated heterocycles. The summed E-state index contributed by atoms with van der Waals surface area (Å²) in [6, 6.07) is 15.8. The van der Waals surface area contributed by atoms with E-state index in [1.807, 2.05) is 89.2 Å². The highest BCUT2D eigenvalue weighted by atomic mass is 32.2. The summed E-state index contributed by atoms with van der Waals surface area (Å²) < 4.78 is -0.494. The molecule has 6 nitrogen and oxygen atoms in total. The third-order valence-electron chi connectivity index (χ3n) is 7.00. The van der Waals surface area contributed by atoms with Crippen LogP contribution in [0, 0.1) is 5.92 Å². The minimum absolute atomic E-state index is 0.0636. The highest BCUT2D eigenvalue weighted by molar-refractivity contribution is 8.01. The molecular weight excluding hydrogens is 446 g/mol. The number of fused-ring (bicyclic) bond motifs is 3. The van der Waals surface area contributed by atoms with Gasteiger partial charge in [0.05, 0.1) is 6.04 Å². The number of hydrogen-bond donors (Lipinski definition) is 2. The van der Waals surface area contributed by atoms with E-state index in [1.54, 1.807) is 16.7 Å². The smallest absolute Gasteiger partial charge is 0.256 e. The zero-order chi connectivity index (χ0) is 24.6. The average Bonchev–Trinajstić information content (AvgIpc) is 3.26. The first-order valence-corrected chi connectivity index (χ1v) is 12.8. The second-order valence-electron chi connectivity index (χ2n) is 9.79. The topological polar surface area (TPSA) is 78.5 Å². The van der Waals surface area contributed by atoms with Gasteiger partial charge in [-0.15, -0.1) is 11.8 Å². The van der Waals surface area contributed by atoms with Crippen LogP contribution >= 0.6 is 11.8 Å². The molecule has 0 unspecified atom stereocenters. The summed E-state index contributed by atoms with van der Waals surface area (Å²) in [7, 11) is 0. The summed E-state index contributed by atoms with van der Waals surface area (Å²) in [6.07, 6.45) is 0.734. The summed E-state index contributed by atoms with van der Waals surface area (Å²) in [5.74, 6) is -0.684. The van der Waals surface area contributed by atoms with E-state index in [1.165, 1.54) is 0 Å². The van der Waals surface area contributed by atoms with Crippen LogP contribution < -0.4 is 10.6 Å². The van der Waals surface area contributed by atoms with E-state index in [4.69, 9.17) is 0 Å². The molecule has 2 aromatic carbocycles. The van der Waals surface area contributed by atoms with Crippen molar-refractivity contribution in [2.45, 2.75) is 69.3 Å². The largest absolute Gasteiger partial charge is 0.348 e. The van der Waals surface area contributed by atoms with Gasteiger partial charge >= 0.3 is 0 Å². The zero-order valence-corrected chi connectivity index (χ0v) is 21.2. The van der Waals surface area contributed by atoms with E-state index >= 15 is 0 Å². The lowest BCUT2D eigenvalue weighted by molar-refractivity contribution is -0.133. The number of nitrogens with one attached hydrogen (secondary N) is 2. The van der Waals surface area contributed by atoms with Gasteiger partial charge in [0.2, 0.25) is 11.8 Å². The normalized spacial score (nSPS) is 23.0. The molecule has 7 heteroatoms. The van der Waals surface area contributed by atoms with Crippen molar-refractivity contribution >= 4 is 29.5 Å². The molecule has 0 spiro atoms. The quantitative estimate of drug-likeness (QED) is 0.615. The van der Waals surface area contributed by atoms with Crippen LogP contribution in [0.2, 0.25) is 0 Å². The molecule has 34 heavy (non-hydrogen) atoms. The van der Waals surface area contributed by atoms with Gasteiger partial charge in [-0.2, -0.15) is 0 Å². The molecule has 0 bridgehead atoms. The lowest BCUT2D eigenvalue weighted by Gasteiger charge is -2.32. The highest BCUT2D eigenvalue weighted by Crippen LogP contribution is 2.56. The van der Waals surface area contributed by atoms with Crippen molar-refractivity contribution in [2.75, 3.05) is 0 Å². The third-order valence-corrected chi connectivity index (χ3v) is 8.53. The van der Waals surface area contributed by atoms with Crippen LogP contribution in [-0.2, 0) is 9.59 Å². The molecule has 180 valence electrons. The molecule has 0 saturated carbocycles. The van der Waals surface area contributed by atoms with Gasteiger partial charge in [-0.1, -0.05) is 68.8 Å². The highest BCUT2D eigenvalue weighted by Gasteiger charge is 2.57. The van der Waals surface area contributed by atoms with E-state index in [9.17, 15) is 14.4 Å². The van der Waals surface area contributed by atoms with Crippen LogP contribution in [0.15, 0.2) is 54.6 Å². The van der Waals surface area contributed by atoms with Gasteiger partial charge in [0.1, 0.15) is 17.5 Å². The zero-order valence-electron chi connectivity index (χ0n) is 20.4. The molecule has 2 aliphatic heterocycles. The number of benzene rings is 2. The van der Waals surface area contributed by atoms with Gasteiger partial charge in [0.15, 0.2) is 0 Å². The Kier molecular flexibility index (Phi) is 6.76. The lowest BCUT2D eigenvalue weighted by atomic mass is 9.95. The van der Waals surface area contributed by atoms with Crippen LogP contribution in [0.3, 0.4) is 0 Å². The van der Waals surface area contributed by atoms with Crippen molar-refractivity contribution in [1.82, 2.24) is 15.5 Å². The van der Waals surface area contributed by atoms with Gasteiger partial charge in [0.25, 0.3) is 5.91 Å². The maximum Gasteiger partial charge on any atom is 0.256 e. The molecule has 3 amide bonds. The van der Waals surface area contributed by atoms with Gasteiger partial charge in [0, 0.05) is 10.3 Å². The van der Waals surface area contributed by atoms with E-state index in [0.29, 0.717) is 5.56 Å². The fourth-order valence-corrected chi connectivity index (χ4v) is 6.46. The molecular formula is C27H33N3O3S. The SMILES string of the molecule is CC[C@H](C)[C@H](NC(=O)[C@H]1N2C(=O)c3ccccc3[C@@H]2SC1(C)C)C(=O)N[C@H](C)c1ccccc1. The Morgan fingerprint density at radius 3 is 2.35 bits per heavy atom. The number of carbonyl (C=O) groups excluding carboxylic acids is 3. The van der Waals surface area contributed by atoms with Crippen LogP contribution in [0.4, 0.5) is 0 Å². The predicted octanol–water partition coefficient (Wildman–Crippen LogP) is 4.44. The minimum atomic E-state index is -0.691. The molecule has 2 N–H and O–H groups in total. The molecule has 2 aliphatic rings. The van der Waals surface area contributed by atoms with E-state index < -0.39 is 16.8 Å². The number of amides is 3. The molecule has 2 aromatic rings. The van der Waals surface area contributed by atoms with Crippen molar-refractivity contribution in [3.63, 3.8) is 0 Å². The minimum Gasteiger partial charge on any atom is -0.348 e. The van der Waals surface area contributed by atoms with Crippen LogP contribution in [0.1, 0.15) is 73.9 Å². The molecule has 2 heterocycles. The molecule has 4 rings (SSSR count). The summed E-state index contributed by atoms with van der Waals surface area (Å²) >= 11 is 1.62. The fraction of sp³-hybridized carbons (Fsp3) is 0.444. The standard InChI is InChI=1S/C27H33N3O3S/c1-6-16(2)21(23(31)28-17(3)18-12-8-7-9-13-18)29-24(32)22-27(4,5)34-26-20-15-11-10-14-19(20)25(33)30(22)26/h7-17,21-22,26H,6H2,1-5H3,(H,28,31)(H,29,32)/t16-,17+,21-,22+,26-/m0/s1.